The number of benzene rings is 1. The lowest BCUT2D eigenvalue weighted by Gasteiger charge is -2.10. The van der Waals surface area contributed by atoms with E-state index >= 15 is 0 Å². The molecule has 0 saturated carbocycles. The zero-order valence-corrected chi connectivity index (χ0v) is 14.3. The van der Waals surface area contributed by atoms with Crippen LogP contribution in [0.3, 0.4) is 0 Å². The van der Waals surface area contributed by atoms with Crippen molar-refractivity contribution in [1.82, 2.24) is 15.3 Å². The zero-order valence-electron chi connectivity index (χ0n) is 12.0. The standard InChI is InChI=1S/C14H16ClFN4S2/c1-9-13(19-8-18-9)7-22-5-4-17-14(21)20-10-2-3-12(16)11(15)6-10/h2-3,6,8H,4-5,7H2,1H3,(H,18,19)(H2,17,20,21). The maximum atomic E-state index is 13.1. The van der Waals surface area contributed by atoms with Gasteiger partial charge >= 0.3 is 0 Å². The van der Waals surface area contributed by atoms with Crippen LogP contribution < -0.4 is 10.6 Å². The summed E-state index contributed by atoms with van der Waals surface area (Å²) >= 11 is 12.7. The molecule has 0 atom stereocenters. The number of thiocarbonyl (C=S) groups is 1. The average Bonchev–Trinajstić information content (AvgIpc) is 2.88. The largest absolute Gasteiger partial charge is 0.362 e. The maximum Gasteiger partial charge on any atom is 0.170 e. The maximum absolute atomic E-state index is 13.1. The molecule has 4 nitrogen and oxygen atoms in total. The summed E-state index contributed by atoms with van der Waals surface area (Å²) in [5, 5.41) is 6.61. The highest BCUT2D eigenvalue weighted by molar-refractivity contribution is 7.98. The van der Waals surface area contributed by atoms with Crippen LogP contribution in [-0.4, -0.2) is 27.4 Å². The Labute approximate surface area is 143 Å². The van der Waals surface area contributed by atoms with Crippen LogP contribution in [0, 0.1) is 12.7 Å². The van der Waals surface area contributed by atoms with E-state index in [-0.39, 0.29) is 5.02 Å². The molecule has 0 unspecified atom stereocenters. The number of nitrogens with zero attached hydrogens (tertiary/aromatic N) is 1. The first-order chi connectivity index (χ1) is 10.6. The van der Waals surface area contributed by atoms with Crippen molar-refractivity contribution in [3.05, 3.63) is 46.8 Å². The predicted molar refractivity (Wildman–Crippen MR) is 95.1 cm³/mol. The molecule has 8 heteroatoms. The molecule has 1 heterocycles. The van der Waals surface area contributed by atoms with E-state index in [1.54, 1.807) is 24.2 Å². The van der Waals surface area contributed by atoms with Crippen LogP contribution in [0.1, 0.15) is 11.4 Å². The van der Waals surface area contributed by atoms with Crippen LogP contribution in [0.25, 0.3) is 0 Å². The third-order valence-electron chi connectivity index (χ3n) is 2.88. The molecule has 0 aliphatic rings. The summed E-state index contributed by atoms with van der Waals surface area (Å²) in [6, 6.07) is 4.39. The second kappa shape index (κ2) is 8.36. The fourth-order valence-corrected chi connectivity index (χ4v) is 2.96. The molecule has 0 aliphatic carbocycles. The molecule has 2 rings (SSSR count). The Hall–Kier alpha value is -1.31. The van der Waals surface area contributed by atoms with Crippen LogP contribution in [0.4, 0.5) is 10.1 Å². The summed E-state index contributed by atoms with van der Waals surface area (Å²) in [5.41, 5.74) is 2.83. The van der Waals surface area contributed by atoms with Crippen molar-refractivity contribution in [3.8, 4) is 0 Å². The lowest BCUT2D eigenvalue weighted by atomic mass is 10.3. The molecule has 118 valence electrons. The molecule has 1 aromatic carbocycles. The van der Waals surface area contributed by atoms with Gasteiger partial charge in [-0.05, 0) is 37.3 Å². The summed E-state index contributed by atoms with van der Waals surface area (Å²) in [5.74, 6) is 1.32. The minimum atomic E-state index is -0.448. The van der Waals surface area contributed by atoms with Crippen LogP contribution >= 0.6 is 35.6 Å². The predicted octanol–water partition coefficient (Wildman–Crippen LogP) is 3.73. The lowest BCUT2D eigenvalue weighted by molar-refractivity contribution is 0.628. The van der Waals surface area contributed by atoms with E-state index in [0.717, 1.165) is 29.4 Å². The van der Waals surface area contributed by atoms with Crippen molar-refractivity contribution in [3.63, 3.8) is 0 Å². The highest BCUT2D eigenvalue weighted by Gasteiger charge is 2.03. The molecule has 2 aromatic rings. The Morgan fingerprint density at radius 1 is 1.50 bits per heavy atom. The minimum absolute atomic E-state index is 0.0673. The summed E-state index contributed by atoms with van der Waals surface area (Å²) in [6.07, 6.45) is 1.70. The Kier molecular flexibility index (Phi) is 6.48. The van der Waals surface area contributed by atoms with E-state index in [2.05, 4.69) is 20.6 Å². The van der Waals surface area contributed by atoms with Gasteiger partial charge in [-0.25, -0.2) is 9.37 Å². The highest BCUT2D eigenvalue weighted by atomic mass is 35.5. The quantitative estimate of drug-likeness (QED) is 0.542. The smallest absolute Gasteiger partial charge is 0.170 e. The van der Waals surface area contributed by atoms with Crippen LogP contribution in [0.5, 0.6) is 0 Å². The fourth-order valence-electron chi connectivity index (χ4n) is 1.69. The third kappa shape index (κ3) is 5.15. The SMILES string of the molecule is Cc1[nH]cnc1CSCCNC(=S)Nc1ccc(F)c(Cl)c1. The number of nitrogens with one attached hydrogen (secondary N) is 3. The van der Waals surface area contributed by atoms with E-state index in [0.29, 0.717) is 10.8 Å². The van der Waals surface area contributed by atoms with Crippen molar-refractivity contribution < 1.29 is 4.39 Å². The first-order valence-corrected chi connectivity index (χ1v) is 8.57. The van der Waals surface area contributed by atoms with Crippen LogP contribution in [0.2, 0.25) is 5.02 Å². The zero-order chi connectivity index (χ0) is 15.9. The molecule has 0 spiro atoms. The number of hydrogen-bond donors (Lipinski definition) is 3. The summed E-state index contributed by atoms with van der Waals surface area (Å²) in [7, 11) is 0. The van der Waals surface area contributed by atoms with Gasteiger partial charge in [0.2, 0.25) is 0 Å². The molecular formula is C14H16ClFN4S2. The Morgan fingerprint density at radius 2 is 2.32 bits per heavy atom. The molecule has 1 aromatic heterocycles. The van der Waals surface area contributed by atoms with Gasteiger partial charge in [-0.3, -0.25) is 0 Å². The number of H-pyrrole nitrogens is 1. The van der Waals surface area contributed by atoms with Gasteiger partial charge in [0, 0.05) is 29.4 Å². The van der Waals surface area contributed by atoms with Gasteiger partial charge in [-0.1, -0.05) is 11.6 Å². The number of aromatic nitrogens is 2. The number of halogens is 2. The molecule has 0 saturated heterocycles. The molecular weight excluding hydrogens is 343 g/mol. The van der Waals surface area contributed by atoms with Gasteiger partial charge < -0.3 is 15.6 Å². The van der Waals surface area contributed by atoms with Crippen LogP contribution in [-0.2, 0) is 5.75 Å². The average molecular weight is 359 g/mol. The van der Waals surface area contributed by atoms with Gasteiger partial charge in [0.1, 0.15) is 5.82 Å². The Balaban J connectivity index is 1.65. The Morgan fingerprint density at radius 3 is 3.00 bits per heavy atom. The fraction of sp³-hybridized carbons (Fsp3) is 0.286. The number of anilines is 1. The first-order valence-electron chi connectivity index (χ1n) is 6.63. The topological polar surface area (TPSA) is 52.7 Å². The molecule has 0 radical (unpaired) electrons. The van der Waals surface area contributed by atoms with E-state index in [4.69, 9.17) is 23.8 Å². The second-order valence-corrected chi connectivity index (χ2v) is 6.46. The van der Waals surface area contributed by atoms with Gasteiger partial charge in [0.25, 0.3) is 0 Å². The molecule has 0 fully saturated rings. The van der Waals surface area contributed by atoms with Crippen molar-refractivity contribution in [2.24, 2.45) is 0 Å². The number of thioether (sulfide) groups is 1. The van der Waals surface area contributed by atoms with Crippen molar-refractivity contribution in [2.45, 2.75) is 12.7 Å². The first kappa shape index (κ1) is 17.1. The van der Waals surface area contributed by atoms with E-state index in [1.807, 2.05) is 6.92 Å². The molecule has 0 aliphatic heterocycles. The van der Waals surface area contributed by atoms with Gasteiger partial charge in [-0.2, -0.15) is 11.8 Å². The number of imidazole rings is 1. The Bertz CT molecular complexity index is 648. The van der Waals surface area contributed by atoms with E-state index < -0.39 is 5.82 Å². The number of rotatable bonds is 6. The second-order valence-electron chi connectivity index (χ2n) is 4.54. The minimum Gasteiger partial charge on any atom is -0.362 e. The van der Waals surface area contributed by atoms with Gasteiger partial charge in [0.15, 0.2) is 5.11 Å². The third-order valence-corrected chi connectivity index (χ3v) is 4.39. The van der Waals surface area contributed by atoms with Crippen molar-refractivity contribution in [2.75, 3.05) is 17.6 Å². The summed E-state index contributed by atoms with van der Waals surface area (Å²) < 4.78 is 13.1. The normalized spacial score (nSPS) is 10.5. The molecule has 0 amide bonds. The van der Waals surface area contributed by atoms with Crippen molar-refractivity contribution in [1.29, 1.82) is 0 Å². The summed E-state index contributed by atoms with van der Waals surface area (Å²) in [6.45, 7) is 2.74. The number of aromatic amines is 1. The molecule has 3 N–H and O–H groups in total. The van der Waals surface area contributed by atoms with E-state index in [1.165, 1.54) is 12.1 Å². The van der Waals surface area contributed by atoms with Crippen molar-refractivity contribution >= 4 is 46.4 Å². The van der Waals surface area contributed by atoms with Gasteiger partial charge in [0.05, 0.1) is 17.0 Å². The number of hydrogen-bond acceptors (Lipinski definition) is 3. The monoisotopic (exact) mass is 358 g/mol. The summed E-state index contributed by atoms with van der Waals surface area (Å²) in [4.78, 5) is 7.30. The van der Waals surface area contributed by atoms with E-state index in [9.17, 15) is 4.39 Å². The molecule has 0 bridgehead atoms. The number of aryl methyl sites for hydroxylation is 1. The van der Waals surface area contributed by atoms with Crippen LogP contribution in [0.15, 0.2) is 24.5 Å². The molecule has 22 heavy (non-hydrogen) atoms. The highest BCUT2D eigenvalue weighted by Crippen LogP contribution is 2.19. The lowest BCUT2D eigenvalue weighted by Crippen LogP contribution is -2.30. The van der Waals surface area contributed by atoms with Gasteiger partial charge in [-0.15, -0.1) is 0 Å².